The highest BCUT2D eigenvalue weighted by atomic mass is 31.2. The van der Waals surface area contributed by atoms with E-state index in [0.717, 1.165) is 70.6 Å². The summed E-state index contributed by atoms with van der Waals surface area (Å²) in [5.41, 5.74) is 0. The number of phosphoric ester groups is 1. The summed E-state index contributed by atoms with van der Waals surface area (Å²) in [6.45, 7) is 4.19. The predicted molar refractivity (Wildman–Crippen MR) is 235 cm³/mol. The molecule has 0 aromatic carbocycles. The van der Waals surface area contributed by atoms with Crippen LogP contribution in [0.1, 0.15) is 162 Å². The number of hydrogen-bond acceptors (Lipinski definition) is 8. The molecular formula is C46H83NO9P+. The molecule has 0 aliphatic rings. The number of rotatable bonds is 39. The van der Waals surface area contributed by atoms with Gasteiger partial charge in [0.05, 0.1) is 33.9 Å². The lowest BCUT2D eigenvalue weighted by Crippen LogP contribution is -2.37. The zero-order valence-corrected chi connectivity index (χ0v) is 37.6. The van der Waals surface area contributed by atoms with Crippen molar-refractivity contribution in [3.05, 3.63) is 60.8 Å². The summed E-state index contributed by atoms with van der Waals surface area (Å²) in [5.74, 6) is -0.904. The van der Waals surface area contributed by atoms with Gasteiger partial charge in [-0.25, -0.2) is 4.57 Å². The Hall–Kier alpha value is -2.33. The number of esters is 2. The molecule has 0 spiro atoms. The summed E-state index contributed by atoms with van der Waals surface area (Å²) >= 11 is 0. The molecule has 0 saturated carbocycles. The van der Waals surface area contributed by atoms with Crippen LogP contribution in [-0.2, 0) is 32.7 Å². The number of aliphatic hydroxyl groups excluding tert-OH is 1. The van der Waals surface area contributed by atoms with Crippen LogP contribution >= 0.6 is 7.82 Å². The first kappa shape index (κ1) is 54.7. The molecule has 0 saturated heterocycles. The standard InChI is InChI=1S/C46H82NO9P/c1-6-8-10-11-12-13-14-15-16-17-20-23-26-29-33-37-45(49)53-41-44(42-55-57(51,52)54-40-39-47(3,4)5)56-46(50)38-34-30-27-24-21-18-19-22-25-28-32-36-43(48)35-31-9-7-2/h15-16,18-19,24-25,27-28,32,36,43-44,48H,6-14,17,20-23,26,29-31,33-35,37-42H2,1-5H3/p+1/b16-15-,19-18-,27-24-,28-25-,36-32+. The van der Waals surface area contributed by atoms with Gasteiger partial charge >= 0.3 is 19.8 Å². The number of phosphoric acid groups is 1. The second kappa shape index (κ2) is 37.9. The van der Waals surface area contributed by atoms with Crippen LogP contribution in [0.25, 0.3) is 0 Å². The summed E-state index contributed by atoms with van der Waals surface area (Å²) < 4.78 is 34.2. The first-order valence-electron chi connectivity index (χ1n) is 22.1. The predicted octanol–water partition coefficient (Wildman–Crippen LogP) is 11.4. The molecule has 2 N–H and O–H groups in total. The van der Waals surface area contributed by atoms with E-state index in [-0.39, 0.29) is 32.2 Å². The van der Waals surface area contributed by atoms with Crippen molar-refractivity contribution < 1.29 is 47.2 Å². The Labute approximate surface area is 348 Å². The minimum atomic E-state index is -4.40. The molecule has 10 nitrogen and oxygen atoms in total. The Balaban J connectivity index is 4.53. The van der Waals surface area contributed by atoms with E-state index < -0.39 is 32.5 Å². The monoisotopic (exact) mass is 825 g/mol. The van der Waals surface area contributed by atoms with Gasteiger partial charge in [-0.1, -0.05) is 145 Å². The number of ether oxygens (including phenoxy) is 2. The van der Waals surface area contributed by atoms with Crippen molar-refractivity contribution in [2.24, 2.45) is 0 Å². The smallest absolute Gasteiger partial charge is 0.462 e. The topological polar surface area (TPSA) is 129 Å². The Bertz CT molecular complexity index is 1170. The molecule has 0 radical (unpaired) electrons. The molecule has 11 heteroatoms. The van der Waals surface area contributed by atoms with E-state index in [9.17, 15) is 24.2 Å². The number of allylic oxidation sites excluding steroid dienone is 9. The third-order valence-corrected chi connectivity index (χ3v) is 10.1. The van der Waals surface area contributed by atoms with Crippen molar-refractivity contribution in [2.45, 2.75) is 174 Å². The van der Waals surface area contributed by atoms with Crippen LogP contribution in [-0.4, -0.2) is 86.1 Å². The summed E-state index contributed by atoms with van der Waals surface area (Å²) in [7, 11) is 1.40. The first-order valence-corrected chi connectivity index (χ1v) is 23.6. The quantitative estimate of drug-likeness (QED) is 0.0155. The lowest BCUT2D eigenvalue weighted by Gasteiger charge is -2.24. The number of hydrogen-bond donors (Lipinski definition) is 2. The minimum Gasteiger partial charge on any atom is -0.462 e. The van der Waals surface area contributed by atoms with Gasteiger partial charge in [0.2, 0.25) is 0 Å². The molecule has 57 heavy (non-hydrogen) atoms. The lowest BCUT2D eigenvalue weighted by molar-refractivity contribution is -0.870. The van der Waals surface area contributed by atoms with Gasteiger partial charge in [0.15, 0.2) is 6.10 Å². The molecule has 330 valence electrons. The van der Waals surface area contributed by atoms with Crippen LogP contribution < -0.4 is 0 Å². The van der Waals surface area contributed by atoms with E-state index in [1.165, 1.54) is 44.9 Å². The summed E-state index contributed by atoms with van der Waals surface area (Å²) in [4.78, 5) is 35.3. The second-order valence-electron chi connectivity index (χ2n) is 15.9. The van der Waals surface area contributed by atoms with E-state index in [1.807, 2.05) is 57.6 Å². The Morgan fingerprint density at radius 1 is 0.632 bits per heavy atom. The van der Waals surface area contributed by atoms with E-state index in [1.54, 1.807) is 0 Å². The van der Waals surface area contributed by atoms with Crippen LogP contribution in [0, 0.1) is 0 Å². The zero-order chi connectivity index (χ0) is 42.3. The summed E-state index contributed by atoms with van der Waals surface area (Å²) in [6, 6.07) is 0. The van der Waals surface area contributed by atoms with Gasteiger partial charge < -0.3 is 24.0 Å². The van der Waals surface area contributed by atoms with Crippen LogP contribution in [0.3, 0.4) is 0 Å². The molecule has 0 amide bonds. The fourth-order valence-electron chi connectivity index (χ4n) is 5.58. The van der Waals surface area contributed by atoms with Crippen LogP contribution in [0.15, 0.2) is 60.8 Å². The SMILES string of the molecule is CCCCCCCC/C=C\CCCCCCCC(=O)OCC(COP(=O)(O)OCC[N+](C)(C)C)OC(=O)CCC/C=C\C/C=C\C/C=C\C=C\C(O)CCCCC. The fraction of sp³-hybridized carbons (Fsp3) is 0.739. The van der Waals surface area contributed by atoms with Crippen LogP contribution in [0.2, 0.25) is 0 Å². The Morgan fingerprint density at radius 2 is 1.18 bits per heavy atom. The highest BCUT2D eigenvalue weighted by Crippen LogP contribution is 2.43. The summed E-state index contributed by atoms with van der Waals surface area (Å²) in [5, 5.41) is 9.91. The molecule has 0 heterocycles. The zero-order valence-electron chi connectivity index (χ0n) is 36.7. The Morgan fingerprint density at radius 3 is 1.84 bits per heavy atom. The van der Waals surface area contributed by atoms with E-state index in [2.05, 4.69) is 38.2 Å². The Kier molecular flexibility index (Phi) is 36.4. The highest BCUT2D eigenvalue weighted by Gasteiger charge is 2.27. The molecule has 3 unspecified atom stereocenters. The van der Waals surface area contributed by atoms with E-state index in [4.69, 9.17) is 18.5 Å². The molecule has 0 fully saturated rings. The number of carbonyl (C=O) groups is 2. The van der Waals surface area contributed by atoms with Gasteiger partial charge in [-0.2, -0.15) is 0 Å². The third kappa shape index (κ3) is 41.6. The maximum atomic E-state index is 12.7. The van der Waals surface area contributed by atoms with E-state index in [0.29, 0.717) is 30.3 Å². The lowest BCUT2D eigenvalue weighted by atomic mass is 10.1. The van der Waals surface area contributed by atoms with Gasteiger partial charge in [-0.3, -0.25) is 18.6 Å². The number of nitrogens with zero attached hydrogens (tertiary/aromatic N) is 1. The maximum absolute atomic E-state index is 12.7. The van der Waals surface area contributed by atoms with Crippen molar-refractivity contribution in [1.82, 2.24) is 0 Å². The number of aliphatic hydroxyl groups is 1. The summed E-state index contributed by atoms with van der Waals surface area (Å²) in [6.07, 6.45) is 41.7. The molecule has 0 bridgehead atoms. The maximum Gasteiger partial charge on any atom is 0.472 e. The molecule has 0 aliphatic carbocycles. The molecular weight excluding hydrogens is 741 g/mol. The van der Waals surface area contributed by atoms with Crippen molar-refractivity contribution in [1.29, 1.82) is 0 Å². The molecule has 0 rings (SSSR count). The molecule has 0 aliphatic heterocycles. The fourth-order valence-corrected chi connectivity index (χ4v) is 6.32. The number of carbonyl (C=O) groups excluding carboxylic acids is 2. The second-order valence-corrected chi connectivity index (χ2v) is 17.4. The van der Waals surface area contributed by atoms with Crippen molar-refractivity contribution in [3.8, 4) is 0 Å². The number of likely N-dealkylation sites (N-methyl/N-ethyl adjacent to an activating group) is 1. The van der Waals surface area contributed by atoms with Crippen molar-refractivity contribution in [2.75, 3.05) is 47.5 Å². The number of unbranched alkanes of at least 4 members (excludes halogenated alkanes) is 14. The highest BCUT2D eigenvalue weighted by molar-refractivity contribution is 7.47. The average Bonchev–Trinajstić information content (AvgIpc) is 3.15. The van der Waals surface area contributed by atoms with Gasteiger partial charge in [0.25, 0.3) is 0 Å². The third-order valence-electron chi connectivity index (χ3n) is 9.12. The van der Waals surface area contributed by atoms with Gasteiger partial charge in [-0.05, 0) is 64.2 Å². The van der Waals surface area contributed by atoms with Crippen molar-refractivity contribution in [3.63, 3.8) is 0 Å². The molecule has 0 aromatic rings. The number of quaternary nitrogens is 1. The molecule has 0 aromatic heterocycles. The van der Waals surface area contributed by atoms with Gasteiger partial charge in [0.1, 0.15) is 19.8 Å². The first-order chi connectivity index (χ1) is 27.4. The van der Waals surface area contributed by atoms with E-state index >= 15 is 0 Å². The van der Waals surface area contributed by atoms with Crippen LogP contribution in [0.5, 0.6) is 0 Å². The van der Waals surface area contributed by atoms with Crippen molar-refractivity contribution >= 4 is 19.8 Å². The van der Waals surface area contributed by atoms with Crippen LogP contribution in [0.4, 0.5) is 0 Å². The largest absolute Gasteiger partial charge is 0.472 e. The van der Waals surface area contributed by atoms with Gasteiger partial charge in [0, 0.05) is 12.8 Å². The minimum absolute atomic E-state index is 0.00963. The average molecular weight is 825 g/mol. The molecule has 3 atom stereocenters. The normalized spacial score (nSPS) is 14.7. The van der Waals surface area contributed by atoms with Gasteiger partial charge in [-0.15, -0.1) is 0 Å².